The minimum absolute atomic E-state index is 0.102. The number of rotatable bonds is 6. The molecule has 6 heteroatoms. The van der Waals surface area contributed by atoms with Crippen molar-refractivity contribution in [3.8, 4) is 0 Å². The monoisotopic (exact) mass is 301 g/mol. The Bertz CT molecular complexity index is 475. The van der Waals surface area contributed by atoms with Crippen LogP contribution in [-0.4, -0.2) is 32.7 Å². The predicted molar refractivity (Wildman–Crippen MR) is 78.7 cm³/mol. The molecule has 0 aromatic heterocycles. The lowest BCUT2D eigenvalue weighted by Gasteiger charge is -2.25. The Morgan fingerprint density at radius 2 is 1.95 bits per heavy atom. The molecule has 0 unspecified atom stereocenters. The normalized spacial score (nSPS) is 19.4. The van der Waals surface area contributed by atoms with Crippen molar-refractivity contribution in [2.45, 2.75) is 51.2 Å². The zero-order valence-corrected chi connectivity index (χ0v) is 12.9. The third-order valence-electron chi connectivity index (χ3n) is 3.33. The first-order valence-corrected chi connectivity index (χ1v) is 8.66. The second-order valence-electron chi connectivity index (χ2n) is 5.02. The molecule has 1 fully saturated rings. The average Bonchev–Trinajstić information content (AvgIpc) is 2.38. The van der Waals surface area contributed by atoms with E-state index in [1.54, 1.807) is 13.0 Å². The van der Waals surface area contributed by atoms with Crippen LogP contribution >= 0.6 is 0 Å². The van der Waals surface area contributed by atoms with Gasteiger partial charge < -0.3 is 5.32 Å². The smallest absolute Gasteiger partial charge is 0.265 e. The third kappa shape index (κ3) is 5.46. The van der Waals surface area contributed by atoms with E-state index in [-0.39, 0.29) is 6.04 Å². The number of carbonyl (C=O) groups is 1. The summed E-state index contributed by atoms with van der Waals surface area (Å²) in [5.41, 5.74) is 0.448. The van der Waals surface area contributed by atoms with Crippen LogP contribution < -0.4 is 5.32 Å². The molecule has 0 bridgehead atoms. The summed E-state index contributed by atoms with van der Waals surface area (Å²) >= 11 is 0. The summed E-state index contributed by atoms with van der Waals surface area (Å²) < 4.78 is 27.5. The summed E-state index contributed by atoms with van der Waals surface area (Å²) in [4.78, 5) is 12.3. The maximum absolute atomic E-state index is 12.3. The lowest BCUT2D eigenvalue weighted by molar-refractivity contribution is -0.127. The van der Waals surface area contributed by atoms with E-state index < -0.39 is 22.1 Å². The molecule has 1 saturated carbocycles. The van der Waals surface area contributed by atoms with Crippen LogP contribution in [0.3, 0.4) is 0 Å². The van der Waals surface area contributed by atoms with Gasteiger partial charge in [-0.2, -0.15) is 8.42 Å². The summed E-state index contributed by atoms with van der Waals surface area (Å²) in [5.74, 6) is -0.421. The van der Waals surface area contributed by atoms with E-state index >= 15 is 0 Å². The molecule has 1 aliphatic carbocycles. The summed E-state index contributed by atoms with van der Waals surface area (Å²) in [6.07, 6.45) is 8.05. The number of hydrogen-bond acceptors (Lipinski definition) is 4. The van der Waals surface area contributed by atoms with Crippen LogP contribution in [-0.2, 0) is 19.1 Å². The van der Waals surface area contributed by atoms with Crippen molar-refractivity contribution >= 4 is 16.0 Å². The lowest BCUT2D eigenvalue weighted by Crippen LogP contribution is -2.44. The third-order valence-corrected chi connectivity index (χ3v) is 3.87. The fourth-order valence-corrected chi connectivity index (χ4v) is 2.87. The summed E-state index contributed by atoms with van der Waals surface area (Å²) in [6, 6.07) is 0.102. The second-order valence-corrected chi connectivity index (χ2v) is 6.62. The van der Waals surface area contributed by atoms with E-state index in [0.717, 1.165) is 31.9 Å². The Morgan fingerprint density at radius 1 is 1.35 bits per heavy atom. The predicted octanol–water partition coefficient (Wildman–Crippen LogP) is 1.91. The maximum Gasteiger partial charge on any atom is 0.265 e. The van der Waals surface area contributed by atoms with Crippen LogP contribution in [0.15, 0.2) is 24.3 Å². The van der Waals surface area contributed by atoms with Gasteiger partial charge in [-0.25, -0.2) is 0 Å². The highest BCUT2D eigenvalue weighted by molar-refractivity contribution is 7.86. The van der Waals surface area contributed by atoms with E-state index in [1.165, 1.54) is 12.5 Å². The summed E-state index contributed by atoms with van der Waals surface area (Å²) in [6.45, 7) is 5.30. The first kappa shape index (κ1) is 16.9. The highest BCUT2D eigenvalue weighted by Gasteiger charge is 2.28. The van der Waals surface area contributed by atoms with Crippen LogP contribution in [0.4, 0.5) is 0 Å². The fourth-order valence-electron chi connectivity index (χ4n) is 2.33. The van der Waals surface area contributed by atoms with Crippen molar-refractivity contribution in [2.24, 2.45) is 0 Å². The van der Waals surface area contributed by atoms with E-state index in [4.69, 9.17) is 4.18 Å². The van der Waals surface area contributed by atoms with Crippen LogP contribution in [0.25, 0.3) is 0 Å². The van der Waals surface area contributed by atoms with Gasteiger partial charge in [-0.3, -0.25) is 8.98 Å². The molecule has 1 amide bonds. The molecule has 0 aromatic rings. The van der Waals surface area contributed by atoms with Crippen molar-refractivity contribution in [1.82, 2.24) is 5.32 Å². The van der Waals surface area contributed by atoms with E-state index in [9.17, 15) is 13.2 Å². The molecular weight excluding hydrogens is 278 g/mol. The van der Waals surface area contributed by atoms with Crippen LogP contribution in [0.2, 0.25) is 0 Å². The molecule has 20 heavy (non-hydrogen) atoms. The molecule has 0 aliphatic heterocycles. The Balaban J connectivity index is 2.80. The van der Waals surface area contributed by atoms with Gasteiger partial charge in [0.1, 0.15) is 0 Å². The Kier molecular flexibility index (Phi) is 6.42. The molecule has 0 radical (unpaired) electrons. The minimum atomic E-state index is -3.72. The number of amides is 1. The molecule has 0 heterocycles. The Morgan fingerprint density at radius 3 is 2.40 bits per heavy atom. The number of nitrogens with one attached hydrogen (secondary N) is 1. The largest absolute Gasteiger partial charge is 0.351 e. The fraction of sp³-hybridized carbons (Fsp3) is 0.643. The molecule has 1 aliphatic rings. The van der Waals surface area contributed by atoms with Gasteiger partial charge in [0.2, 0.25) is 0 Å². The molecule has 114 valence electrons. The Labute approximate surface area is 121 Å². The lowest BCUT2D eigenvalue weighted by atomic mass is 9.95. The van der Waals surface area contributed by atoms with Crippen molar-refractivity contribution in [3.63, 3.8) is 0 Å². The molecule has 5 nitrogen and oxygen atoms in total. The van der Waals surface area contributed by atoms with E-state index in [2.05, 4.69) is 11.9 Å². The second kappa shape index (κ2) is 7.59. The summed E-state index contributed by atoms with van der Waals surface area (Å²) in [7, 11) is -3.72. The SMILES string of the molecule is C=C/C(=C\C)[C@@H](OS(C)(=O)=O)C(=O)NC1CCCCC1. The summed E-state index contributed by atoms with van der Waals surface area (Å²) in [5, 5.41) is 2.87. The zero-order valence-electron chi connectivity index (χ0n) is 12.1. The molecule has 1 rings (SSSR count). The van der Waals surface area contributed by atoms with Crippen LogP contribution in [0.1, 0.15) is 39.0 Å². The van der Waals surface area contributed by atoms with Crippen LogP contribution in [0, 0.1) is 0 Å². The maximum atomic E-state index is 12.3. The first-order chi connectivity index (χ1) is 9.37. The van der Waals surface area contributed by atoms with E-state index in [1.807, 2.05) is 0 Å². The van der Waals surface area contributed by atoms with Gasteiger partial charge in [0, 0.05) is 6.04 Å². The Hall–Kier alpha value is -1.14. The highest BCUT2D eigenvalue weighted by Crippen LogP contribution is 2.19. The zero-order chi connectivity index (χ0) is 15.2. The van der Waals surface area contributed by atoms with Crippen molar-refractivity contribution in [1.29, 1.82) is 0 Å². The molecule has 1 atom stereocenters. The first-order valence-electron chi connectivity index (χ1n) is 6.84. The molecule has 1 N–H and O–H groups in total. The average molecular weight is 301 g/mol. The highest BCUT2D eigenvalue weighted by atomic mass is 32.2. The van der Waals surface area contributed by atoms with Gasteiger partial charge in [-0.1, -0.05) is 38.0 Å². The van der Waals surface area contributed by atoms with Gasteiger partial charge >= 0.3 is 0 Å². The molecule has 0 spiro atoms. The van der Waals surface area contributed by atoms with Gasteiger partial charge in [0.25, 0.3) is 16.0 Å². The number of carbonyl (C=O) groups excluding carboxylic acids is 1. The molecule has 0 saturated heterocycles. The quantitative estimate of drug-likeness (QED) is 0.601. The molecular formula is C14H23NO4S. The molecule has 0 aromatic carbocycles. The van der Waals surface area contributed by atoms with E-state index in [0.29, 0.717) is 5.57 Å². The number of hydrogen-bond donors (Lipinski definition) is 1. The van der Waals surface area contributed by atoms with Gasteiger partial charge in [-0.15, -0.1) is 0 Å². The van der Waals surface area contributed by atoms with Crippen LogP contribution in [0.5, 0.6) is 0 Å². The van der Waals surface area contributed by atoms with Gasteiger partial charge in [0.05, 0.1) is 6.26 Å². The number of allylic oxidation sites excluding steroid dienone is 1. The van der Waals surface area contributed by atoms with Crippen molar-refractivity contribution in [2.75, 3.05) is 6.26 Å². The van der Waals surface area contributed by atoms with Gasteiger partial charge in [-0.05, 0) is 25.3 Å². The topological polar surface area (TPSA) is 72.5 Å². The minimum Gasteiger partial charge on any atom is -0.351 e. The van der Waals surface area contributed by atoms with Gasteiger partial charge in [0.15, 0.2) is 6.10 Å². The standard InChI is InChI=1S/C14H23NO4S/c1-4-11(5-2)13(19-20(3,17)18)14(16)15-12-9-7-6-8-10-12/h4-5,12-13H,1,6-10H2,2-3H3,(H,15,16)/b11-5+/t13-/m1/s1. The van der Waals surface area contributed by atoms with Crippen molar-refractivity contribution < 1.29 is 17.4 Å². The van der Waals surface area contributed by atoms with Crippen molar-refractivity contribution in [3.05, 3.63) is 24.3 Å².